The fraction of sp³-hybridized carbons (Fsp3) is 0.231. The molecule has 1 heterocycles. The van der Waals surface area contributed by atoms with Crippen molar-refractivity contribution < 1.29 is 14.0 Å². The summed E-state index contributed by atoms with van der Waals surface area (Å²) in [6.07, 6.45) is 2.55. The van der Waals surface area contributed by atoms with Crippen LogP contribution < -0.4 is 9.33 Å². The second-order valence-corrected chi connectivity index (χ2v) is 9.48. The fourth-order valence-electron chi connectivity index (χ4n) is 1.67. The Hall–Kier alpha value is -1.88. The van der Waals surface area contributed by atoms with E-state index in [1.165, 1.54) is 12.2 Å². The molecular weight excluding hydrogens is 246 g/mol. The van der Waals surface area contributed by atoms with Crippen molar-refractivity contribution in [1.29, 1.82) is 0 Å². The zero-order valence-electron chi connectivity index (χ0n) is 10.6. The Balaban J connectivity index is 2.18. The zero-order valence-corrected chi connectivity index (χ0v) is 11.6. The van der Waals surface area contributed by atoms with Crippen LogP contribution in [0.1, 0.15) is 0 Å². The number of carbonyl (C=O) groups is 2. The van der Waals surface area contributed by atoms with Gasteiger partial charge in [0.15, 0.2) is 0 Å². The van der Waals surface area contributed by atoms with Gasteiger partial charge in [0, 0.05) is 12.2 Å². The molecule has 4 nitrogen and oxygen atoms in total. The number of imide groups is 1. The van der Waals surface area contributed by atoms with Crippen molar-refractivity contribution in [3.05, 3.63) is 36.4 Å². The highest BCUT2D eigenvalue weighted by Crippen LogP contribution is 2.23. The van der Waals surface area contributed by atoms with E-state index in [1.54, 1.807) is 24.3 Å². The Morgan fingerprint density at radius 3 is 1.89 bits per heavy atom. The molecule has 2 amide bonds. The summed E-state index contributed by atoms with van der Waals surface area (Å²) in [5.74, 6) is 0.155. The first-order chi connectivity index (χ1) is 8.37. The van der Waals surface area contributed by atoms with E-state index in [2.05, 4.69) is 19.6 Å². The molecule has 0 unspecified atom stereocenters. The van der Waals surface area contributed by atoms with Crippen LogP contribution in [-0.4, -0.2) is 20.1 Å². The summed E-state index contributed by atoms with van der Waals surface area (Å²) in [6, 6.07) is 7.01. The lowest BCUT2D eigenvalue weighted by Gasteiger charge is -2.20. The Bertz CT molecular complexity index is 496. The highest BCUT2D eigenvalue weighted by Gasteiger charge is 2.25. The molecule has 1 aromatic rings. The van der Waals surface area contributed by atoms with Crippen LogP contribution in [0.25, 0.3) is 0 Å². The molecule has 18 heavy (non-hydrogen) atoms. The quantitative estimate of drug-likeness (QED) is 0.619. The van der Waals surface area contributed by atoms with Crippen molar-refractivity contribution in [3.63, 3.8) is 0 Å². The fourth-order valence-corrected chi connectivity index (χ4v) is 2.51. The Morgan fingerprint density at radius 1 is 0.944 bits per heavy atom. The number of benzene rings is 1. The number of rotatable bonds is 3. The molecule has 0 fully saturated rings. The Labute approximate surface area is 107 Å². The van der Waals surface area contributed by atoms with Gasteiger partial charge in [0.2, 0.25) is 8.32 Å². The number of hydrogen-bond acceptors (Lipinski definition) is 3. The van der Waals surface area contributed by atoms with Crippen molar-refractivity contribution >= 4 is 25.8 Å². The molecule has 0 atom stereocenters. The molecule has 0 aliphatic carbocycles. The Morgan fingerprint density at radius 2 is 1.44 bits per heavy atom. The third-order valence-electron chi connectivity index (χ3n) is 2.33. The second kappa shape index (κ2) is 4.42. The Kier molecular flexibility index (Phi) is 3.08. The predicted octanol–water partition coefficient (Wildman–Crippen LogP) is 2.33. The average Bonchev–Trinajstić information content (AvgIpc) is 2.58. The maximum Gasteiger partial charge on any atom is 0.258 e. The van der Waals surface area contributed by atoms with Crippen molar-refractivity contribution in [2.24, 2.45) is 0 Å². The van der Waals surface area contributed by atoms with Gasteiger partial charge < -0.3 is 4.43 Å². The van der Waals surface area contributed by atoms with Gasteiger partial charge in [-0.3, -0.25) is 9.59 Å². The SMILES string of the molecule is C[Si](C)(C)Oc1ccc(N2C(=O)C=CC2=O)cc1. The molecule has 0 bridgehead atoms. The van der Waals surface area contributed by atoms with Gasteiger partial charge in [0.25, 0.3) is 11.8 Å². The molecule has 0 saturated heterocycles. The topological polar surface area (TPSA) is 46.6 Å². The highest BCUT2D eigenvalue weighted by molar-refractivity contribution is 6.70. The molecule has 1 aliphatic rings. The van der Waals surface area contributed by atoms with Crippen LogP contribution in [0.3, 0.4) is 0 Å². The van der Waals surface area contributed by atoms with Crippen LogP contribution in [-0.2, 0) is 9.59 Å². The van der Waals surface area contributed by atoms with Gasteiger partial charge in [0.05, 0.1) is 5.69 Å². The number of anilines is 1. The summed E-state index contributed by atoms with van der Waals surface area (Å²) < 4.78 is 5.81. The van der Waals surface area contributed by atoms with Gasteiger partial charge in [0.1, 0.15) is 5.75 Å². The molecule has 1 aromatic carbocycles. The molecule has 5 heteroatoms. The van der Waals surface area contributed by atoms with Gasteiger partial charge in [-0.05, 0) is 43.9 Å². The summed E-state index contributed by atoms with van der Waals surface area (Å²) in [7, 11) is -1.63. The van der Waals surface area contributed by atoms with Crippen molar-refractivity contribution in [3.8, 4) is 5.75 Å². The first-order valence-corrected chi connectivity index (χ1v) is 9.13. The van der Waals surface area contributed by atoms with Crippen LogP contribution >= 0.6 is 0 Å². The maximum absolute atomic E-state index is 11.5. The number of nitrogens with zero attached hydrogens (tertiary/aromatic N) is 1. The number of carbonyl (C=O) groups excluding carboxylic acids is 2. The first kappa shape index (κ1) is 12.6. The zero-order chi connectivity index (χ0) is 13.3. The van der Waals surface area contributed by atoms with E-state index in [1.807, 2.05) is 0 Å². The van der Waals surface area contributed by atoms with Crippen LogP contribution in [0.2, 0.25) is 19.6 Å². The average molecular weight is 261 g/mol. The highest BCUT2D eigenvalue weighted by atomic mass is 28.4. The predicted molar refractivity (Wildman–Crippen MR) is 72.0 cm³/mol. The van der Waals surface area contributed by atoms with Crippen molar-refractivity contribution in [2.45, 2.75) is 19.6 Å². The van der Waals surface area contributed by atoms with E-state index in [4.69, 9.17) is 4.43 Å². The molecule has 0 aromatic heterocycles. The standard InChI is InChI=1S/C13H15NO3Si/c1-18(2,3)17-11-6-4-10(5-7-11)14-12(15)8-9-13(14)16/h4-9H,1-3H3. The molecule has 0 radical (unpaired) electrons. The third kappa shape index (κ3) is 2.68. The van der Waals surface area contributed by atoms with Gasteiger partial charge in [-0.15, -0.1) is 0 Å². The minimum Gasteiger partial charge on any atom is -0.544 e. The van der Waals surface area contributed by atoms with E-state index in [0.29, 0.717) is 5.69 Å². The summed E-state index contributed by atoms with van der Waals surface area (Å²) in [6.45, 7) is 6.29. The summed E-state index contributed by atoms with van der Waals surface area (Å²) in [5.41, 5.74) is 0.568. The lowest BCUT2D eigenvalue weighted by molar-refractivity contribution is -0.119. The van der Waals surface area contributed by atoms with Crippen LogP contribution in [0, 0.1) is 0 Å². The molecular formula is C13H15NO3Si. The molecule has 0 N–H and O–H groups in total. The van der Waals surface area contributed by atoms with Crippen LogP contribution in [0.5, 0.6) is 5.75 Å². The summed E-state index contributed by atoms with van der Waals surface area (Å²) in [4.78, 5) is 24.1. The van der Waals surface area contributed by atoms with Gasteiger partial charge >= 0.3 is 0 Å². The molecule has 1 aliphatic heterocycles. The van der Waals surface area contributed by atoms with E-state index in [-0.39, 0.29) is 11.8 Å². The lowest BCUT2D eigenvalue weighted by atomic mass is 10.3. The normalized spacial score (nSPS) is 15.4. The van der Waals surface area contributed by atoms with E-state index in [9.17, 15) is 9.59 Å². The summed E-state index contributed by atoms with van der Waals surface area (Å²) in [5, 5.41) is 0. The minimum absolute atomic E-state index is 0.307. The second-order valence-electron chi connectivity index (χ2n) is 5.05. The van der Waals surface area contributed by atoms with Crippen molar-refractivity contribution in [1.82, 2.24) is 0 Å². The van der Waals surface area contributed by atoms with Crippen LogP contribution in [0.4, 0.5) is 5.69 Å². The molecule has 2 rings (SSSR count). The summed E-state index contributed by atoms with van der Waals surface area (Å²) >= 11 is 0. The number of amides is 2. The van der Waals surface area contributed by atoms with Crippen LogP contribution in [0.15, 0.2) is 36.4 Å². The van der Waals surface area contributed by atoms with E-state index in [0.717, 1.165) is 10.6 Å². The third-order valence-corrected chi connectivity index (χ3v) is 3.18. The monoisotopic (exact) mass is 261 g/mol. The molecule has 0 saturated carbocycles. The smallest absolute Gasteiger partial charge is 0.258 e. The largest absolute Gasteiger partial charge is 0.544 e. The maximum atomic E-state index is 11.5. The van der Waals surface area contributed by atoms with Gasteiger partial charge in [-0.25, -0.2) is 4.90 Å². The van der Waals surface area contributed by atoms with E-state index < -0.39 is 8.32 Å². The number of hydrogen-bond donors (Lipinski definition) is 0. The van der Waals surface area contributed by atoms with Gasteiger partial charge in [-0.2, -0.15) is 0 Å². The lowest BCUT2D eigenvalue weighted by Crippen LogP contribution is -2.30. The molecule has 94 valence electrons. The van der Waals surface area contributed by atoms with Crippen molar-refractivity contribution in [2.75, 3.05) is 4.90 Å². The van der Waals surface area contributed by atoms with Gasteiger partial charge in [-0.1, -0.05) is 0 Å². The van der Waals surface area contributed by atoms with E-state index >= 15 is 0 Å². The molecule has 0 spiro atoms. The minimum atomic E-state index is -1.63. The first-order valence-electron chi connectivity index (χ1n) is 5.72.